The highest BCUT2D eigenvalue weighted by Gasteiger charge is 2.45. The standard InChI is InChI=1S/C19H27BrN2O/c1-14(15-5-4-10-21-12-15)11-18(23)22-13-19(8-9-19)16-6-2-3-7-17(16)20/h2-3,6-7,14-15,21H,4-5,8-13H2,1H3,(H,22,23). The van der Waals surface area contributed by atoms with Crippen LogP contribution in [0.4, 0.5) is 0 Å². The van der Waals surface area contributed by atoms with Crippen molar-refractivity contribution in [1.29, 1.82) is 0 Å². The summed E-state index contributed by atoms with van der Waals surface area (Å²) in [6, 6.07) is 8.40. The molecule has 2 unspecified atom stereocenters. The number of hydrogen-bond acceptors (Lipinski definition) is 2. The summed E-state index contributed by atoms with van der Waals surface area (Å²) >= 11 is 3.65. The molecule has 1 heterocycles. The van der Waals surface area contributed by atoms with Crippen molar-refractivity contribution in [3.05, 3.63) is 34.3 Å². The molecule has 1 aromatic carbocycles. The predicted octanol–water partition coefficient (Wildman–Crippen LogP) is 3.62. The molecule has 126 valence electrons. The number of amides is 1. The second-order valence-electron chi connectivity index (χ2n) is 7.32. The molecule has 1 saturated carbocycles. The normalized spacial score (nSPS) is 24.0. The summed E-state index contributed by atoms with van der Waals surface area (Å²) in [7, 11) is 0. The minimum atomic E-state index is 0.158. The molecule has 0 spiro atoms. The van der Waals surface area contributed by atoms with Crippen molar-refractivity contribution in [2.45, 2.75) is 44.4 Å². The molecule has 1 aliphatic heterocycles. The number of benzene rings is 1. The fraction of sp³-hybridized carbons (Fsp3) is 0.632. The zero-order valence-corrected chi connectivity index (χ0v) is 15.5. The number of rotatable bonds is 6. The first kappa shape index (κ1) is 17.0. The summed E-state index contributed by atoms with van der Waals surface area (Å²) in [4.78, 5) is 12.3. The highest BCUT2D eigenvalue weighted by Crippen LogP contribution is 2.49. The van der Waals surface area contributed by atoms with Crippen molar-refractivity contribution >= 4 is 21.8 Å². The van der Waals surface area contributed by atoms with Gasteiger partial charge in [0.2, 0.25) is 5.91 Å². The molecule has 0 aromatic heterocycles. The Hall–Kier alpha value is -0.870. The van der Waals surface area contributed by atoms with E-state index in [1.807, 2.05) is 6.07 Å². The van der Waals surface area contributed by atoms with Gasteiger partial charge in [-0.25, -0.2) is 0 Å². The van der Waals surface area contributed by atoms with E-state index in [1.54, 1.807) is 0 Å². The molecule has 0 bridgehead atoms. The maximum absolute atomic E-state index is 12.3. The third-order valence-corrected chi connectivity index (χ3v) is 6.26. The molecule has 2 atom stereocenters. The van der Waals surface area contributed by atoms with E-state index in [-0.39, 0.29) is 11.3 Å². The molecule has 4 heteroatoms. The number of nitrogens with one attached hydrogen (secondary N) is 2. The molecule has 0 radical (unpaired) electrons. The summed E-state index contributed by atoms with van der Waals surface area (Å²) in [5.41, 5.74) is 1.50. The summed E-state index contributed by atoms with van der Waals surface area (Å²) in [5, 5.41) is 6.65. The minimum absolute atomic E-state index is 0.158. The van der Waals surface area contributed by atoms with E-state index in [9.17, 15) is 4.79 Å². The smallest absolute Gasteiger partial charge is 0.220 e. The monoisotopic (exact) mass is 378 g/mol. The second kappa shape index (κ2) is 7.35. The molecule has 2 aliphatic rings. The van der Waals surface area contributed by atoms with E-state index in [1.165, 1.54) is 18.4 Å². The number of carbonyl (C=O) groups is 1. The maximum Gasteiger partial charge on any atom is 0.220 e. The number of carbonyl (C=O) groups excluding carboxylic acids is 1. The number of hydrogen-bond donors (Lipinski definition) is 2. The quantitative estimate of drug-likeness (QED) is 0.793. The van der Waals surface area contributed by atoms with Crippen LogP contribution >= 0.6 is 15.9 Å². The molecular weight excluding hydrogens is 352 g/mol. The molecule has 1 aliphatic carbocycles. The van der Waals surface area contributed by atoms with Gasteiger partial charge in [0.25, 0.3) is 0 Å². The Morgan fingerprint density at radius 1 is 1.43 bits per heavy atom. The molecular formula is C19H27BrN2O. The number of halogens is 1. The lowest BCUT2D eigenvalue weighted by molar-refractivity contribution is -0.122. The SMILES string of the molecule is CC(CC(=O)NCC1(c2ccccc2Br)CC1)C1CCCNC1. The summed E-state index contributed by atoms with van der Waals surface area (Å²) in [5.74, 6) is 1.32. The molecule has 1 saturated heterocycles. The van der Waals surface area contributed by atoms with Gasteiger partial charge in [-0.2, -0.15) is 0 Å². The van der Waals surface area contributed by atoms with E-state index in [4.69, 9.17) is 0 Å². The first-order valence-corrected chi connectivity index (χ1v) is 9.62. The minimum Gasteiger partial charge on any atom is -0.355 e. The lowest BCUT2D eigenvalue weighted by Crippen LogP contribution is -2.37. The van der Waals surface area contributed by atoms with Gasteiger partial charge in [-0.3, -0.25) is 4.79 Å². The van der Waals surface area contributed by atoms with Crippen LogP contribution < -0.4 is 10.6 Å². The van der Waals surface area contributed by atoms with Gasteiger partial charge in [0.1, 0.15) is 0 Å². The molecule has 3 rings (SSSR count). The summed E-state index contributed by atoms with van der Waals surface area (Å²) in [6.07, 6.45) is 5.47. The molecule has 2 N–H and O–H groups in total. The van der Waals surface area contributed by atoms with Crippen molar-refractivity contribution in [1.82, 2.24) is 10.6 Å². The average molecular weight is 379 g/mol. The van der Waals surface area contributed by atoms with Gasteiger partial charge in [-0.15, -0.1) is 0 Å². The zero-order valence-electron chi connectivity index (χ0n) is 13.9. The van der Waals surface area contributed by atoms with Crippen LogP contribution in [-0.4, -0.2) is 25.5 Å². The number of piperidine rings is 1. The van der Waals surface area contributed by atoms with Crippen molar-refractivity contribution < 1.29 is 4.79 Å². The third-order valence-electron chi connectivity index (χ3n) is 5.57. The average Bonchev–Trinajstić information content (AvgIpc) is 3.35. The molecule has 3 nitrogen and oxygen atoms in total. The van der Waals surface area contributed by atoms with Gasteiger partial charge in [0.05, 0.1) is 0 Å². The van der Waals surface area contributed by atoms with Gasteiger partial charge in [-0.1, -0.05) is 41.1 Å². The van der Waals surface area contributed by atoms with Gasteiger partial charge in [0, 0.05) is 22.9 Å². The Morgan fingerprint density at radius 3 is 2.87 bits per heavy atom. The largest absolute Gasteiger partial charge is 0.355 e. The van der Waals surface area contributed by atoms with Crippen LogP contribution in [-0.2, 0) is 10.2 Å². The zero-order chi connectivity index (χ0) is 16.3. The van der Waals surface area contributed by atoms with E-state index >= 15 is 0 Å². The van der Waals surface area contributed by atoms with Crippen LogP contribution in [0.15, 0.2) is 28.7 Å². The fourth-order valence-electron chi connectivity index (χ4n) is 3.75. The Bertz CT molecular complexity index is 550. The lowest BCUT2D eigenvalue weighted by atomic mass is 9.85. The van der Waals surface area contributed by atoms with Crippen LogP contribution in [0.2, 0.25) is 0 Å². The van der Waals surface area contributed by atoms with Gasteiger partial charge >= 0.3 is 0 Å². The van der Waals surface area contributed by atoms with Crippen LogP contribution in [0.25, 0.3) is 0 Å². The second-order valence-corrected chi connectivity index (χ2v) is 8.18. The maximum atomic E-state index is 12.3. The van der Waals surface area contributed by atoms with Crippen molar-refractivity contribution in [2.24, 2.45) is 11.8 Å². The third kappa shape index (κ3) is 4.16. The van der Waals surface area contributed by atoms with Crippen LogP contribution in [0, 0.1) is 11.8 Å². The van der Waals surface area contributed by atoms with Crippen LogP contribution in [0.5, 0.6) is 0 Å². The van der Waals surface area contributed by atoms with E-state index < -0.39 is 0 Å². The van der Waals surface area contributed by atoms with Crippen LogP contribution in [0.1, 0.15) is 44.6 Å². The van der Waals surface area contributed by atoms with E-state index in [0.717, 1.165) is 36.9 Å². The fourth-order valence-corrected chi connectivity index (χ4v) is 4.45. The highest BCUT2D eigenvalue weighted by molar-refractivity contribution is 9.10. The highest BCUT2D eigenvalue weighted by atomic mass is 79.9. The van der Waals surface area contributed by atoms with Crippen molar-refractivity contribution in [2.75, 3.05) is 19.6 Å². The first-order valence-electron chi connectivity index (χ1n) is 8.83. The van der Waals surface area contributed by atoms with Crippen molar-refractivity contribution in [3.63, 3.8) is 0 Å². The topological polar surface area (TPSA) is 41.1 Å². The predicted molar refractivity (Wildman–Crippen MR) is 97.4 cm³/mol. The molecule has 23 heavy (non-hydrogen) atoms. The molecule has 1 aromatic rings. The molecule has 1 amide bonds. The summed E-state index contributed by atoms with van der Waals surface area (Å²) in [6.45, 7) is 5.18. The Morgan fingerprint density at radius 2 is 2.22 bits per heavy atom. The Balaban J connectivity index is 1.50. The lowest BCUT2D eigenvalue weighted by Gasteiger charge is -2.28. The first-order chi connectivity index (χ1) is 11.1. The van der Waals surface area contributed by atoms with E-state index in [0.29, 0.717) is 18.3 Å². The van der Waals surface area contributed by atoms with E-state index in [2.05, 4.69) is 51.7 Å². The van der Waals surface area contributed by atoms with Crippen LogP contribution in [0.3, 0.4) is 0 Å². The van der Waals surface area contributed by atoms with Crippen molar-refractivity contribution in [3.8, 4) is 0 Å². The van der Waals surface area contributed by atoms with Gasteiger partial charge < -0.3 is 10.6 Å². The Kier molecular flexibility index (Phi) is 5.42. The summed E-state index contributed by atoms with van der Waals surface area (Å²) < 4.78 is 1.16. The Labute approximate surface area is 147 Å². The van der Waals surface area contributed by atoms with Gasteiger partial charge in [0.15, 0.2) is 0 Å². The molecule has 2 fully saturated rings. The van der Waals surface area contributed by atoms with Gasteiger partial charge in [-0.05, 0) is 62.2 Å².